The molecule has 0 bridgehead atoms. The van der Waals surface area contributed by atoms with Crippen molar-refractivity contribution in [2.24, 2.45) is 7.05 Å². The summed E-state index contributed by atoms with van der Waals surface area (Å²) < 4.78 is 39.7. The number of alkyl halides is 3. The van der Waals surface area contributed by atoms with Crippen molar-refractivity contribution in [3.8, 4) is 0 Å². The van der Waals surface area contributed by atoms with Crippen LogP contribution in [0, 0.1) is 0 Å². The van der Waals surface area contributed by atoms with Crippen molar-refractivity contribution in [2.45, 2.75) is 24.9 Å². The van der Waals surface area contributed by atoms with Crippen LogP contribution in [0.1, 0.15) is 29.5 Å². The Morgan fingerprint density at radius 3 is 2.52 bits per heavy atom. The van der Waals surface area contributed by atoms with Gasteiger partial charge in [0, 0.05) is 26.1 Å². The van der Waals surface area contributed by atoms with E-state index in [1.165, 1.54) is 0 Å². The second-order valence-corrected chi connectivity index (χ2v) is 6.08. The van der Waals surface area contributed by atoms with Crippen LogP contribution in [0.4, 0.5) is 18.3 Å². The minimum absolute atomic E-state index is 0.302. The zero-order chi connectivity index (χ0) is 15.0. The maximum absolute atomic E-state index is 12.6. The Morgan fingerprint density at radius 1 is 1.29 bits per heavy atom. The van der Waals surface area contributed by atoms with E-state index in [0.29, 0.717) is 35.5 Å². The smallest absolute Gasteiger partial charge is 0.348 e. The van der Waals surface area contributed by atoms with E-state index >= 15 is 0 Å². The normalized spacial score (nSPS) is 17.4. The predicted octanol–water partition coefficient (Wildman–Crippen LogP) is 2.67. The van der Waals surface area contributed by atoms with Gasteiger partial charge in [-0.05, 0) is 12.8 Å². The topological polar surface area (TPSA) is 46.8 Å². The summed E-state index contributed by atoms with van der Waals surface area (Å²) >= 11 is 0.705. The van der Waals surface area contributed by atoms with Gasteiger partial charge in [0.1, 0.15) is 17.0 Å². The Kier molecular flexibility index (Phi) is 3.60. The van der Waals surface area contributed by atoms with Crippen LogP contribution in [-0.4, -0.2) is 32.8 Å². The molecule has 0 aliphatic carbocycles. The SMILES string of the molecule is Cn1cnnc1C1CCN(c2ncc(C(F)(F)F)s2)CC1. The van der Waals surface area contributed by atoms with Crippen molar-refractivity contribution in [3.63, 3.8) is 0 Å². The lowest BCUT2D eigenvalue weighted by molar-refractivity contribution is -0.134. The van der Waals surface area contributed by atoms with Gasteiger partial charge in [-0.1, -0.05) is 11.3 Å². The molecule has 3 rings (SSSR count). The van der Waals surface area contributed by atoms with Gasteiger partial charge in [-0.25, -0.2) is 4.98 Å². The summed E-state index contributed by atoms with van der Waals surface area (Å²) in [4.78, 5) is 5.17. The van der Waals surface area contributed by atoms with Crippen LogP contribution in [0.3, 0.4) is 0 Å². The minimum Gasteiger partial charge on any atom is -0.348 e. The van der Waals surface area contributed by atoms with E-state index in [9.17, 15) is 13.2 Å². The van der Waals surface area contributed by atoms with Crippen LogP contribution in [0.15, 0.2) is 12.5 Å². The quantitative estimate of drug-likeness (QED) is 0.854. The highest BCUT2D eigenvalue weighted by atomic mass is 32.1. The molecule has 1 saturated heterocycles. The van der Waals surface area contributed by atoms with Crippen LogP contribution in [0.25, 0.3) is 0 Å². The Hall–Kier alpha value is -1.64. The van der Waals surface area contributed by atoms with Crippen LogP contribution in [0.2, 0.25) is 0 Å². The molecule has 114 valence electrons. The molecule has 0 spiro atoms. The molecule has 0 amide bonds. The van der Waals surface area contributed by atoms with Crippen LogP contribution in [-0.2, 0) is 13.2 Å². The number of rotatable bonds is 2. The Labute approximate surface area is 123 Å². The van der Waals surface area contributed by atoms with Crippen molar-refractivity contribution < 1.29 is 13.2 Å². The van der Waals surface area contributed by atoms with E-state index in [4.69, 9.17) is 0 Å². The van der Waals surface area contributed by atoms with E-state index in [-0.39, 0.29) is 0 Å². The fourth-order valence-electron chi connectivity index (χ4n) is 2.53. The standard InChI is InChI=1S/C12H14F3N5S/c1-19-7-17-18-10(19)8-2-4-20(5-3-8)11-16-6-9(21-11)12(13,14)15/h6-8H,2-5H2,1H3. The number of anilines is 1. The van der Waals surface area contributed by atoms with Gasteiger partial charge >= 0.3 is 6.18 Å². The average Bonchev–Trinajstić information content (AvgIpc) is 3.07. The third-order valence-electron chi connectivity index (χ3n) is 3.65. The molecular weight excluding hydrogens is 303 g/mol. The molecule has 0 aromatic carbocycles. The first kappa shape index (κ1) is 14.3. The molecule has 3 heterocycles. The highest BCUT2D eigenvalue weighted by Gasteiger charge is 2.34. The Bertz CT molecular complexity index is 612. The maximum Gasteiger partial charge on any atom is 0.427 e. The zero-order valence-electron chi connectivity index (χ0n) is 11.3. The summed E-state index contributed by atoms with van der Waals surface area (Å²) in [5, 5.41) is 8.42. The average molecular weight is 317 g/mol. The highest BCUT2D eigenvalue weighted by molar-refractivity contribution is 7.15. The van der Waals surface area contributed by atoms with E-state index in [2.05, 4.69) is 15.2 Å². The summed E-state index contributed by atoms with van der Waals surface area (Å²) in [6.07, 6.45) is -0.0549. The Balaban J connectivity index is 1.66. The van der Waals surface area contributed by atoms with Gasteiger partial charge in [-0.2, -0.15) is 13.2 Å². The number of thiazole rings is 1. The lowest BCUT2D eigenvalue weighted by atomic mass is 9.96. The summed E-state index contributed by atoms with van der Waals surface area (Å²) in [5.41, 5.74) is 0. The highest BCUT2D eigenvalue weighted by Crippen LogP contribution is 2.37. The molecular formula is C12H14F3N5S. The Morgan fingerprint density at radius 2 is 2.00 bits per heavy atom. The number of aryl methyl sites for hydroxylation is 1. The lowest BCUT2D eigenvalue weighted by Crippen LogP contribution is -2.33. The maximum atomic E-state index is 12.6. The molecule has 2 aromatic rings. The number of aromatic nitrogens is 4. The minimum atomic E-state index is -4.31. The molecule has 9 heteroatoms. The molecule has 1 fully saturated rings. The molecule has 1 aliphatic heterocycles. The van der Waals surface area contributed by atoms with Crippen LogP contribution in [0.5, 0.6) is 0 Å². The van der Waals surface area contributed by atoms with Gasteiger partial charge in [-0.15, -0.1) is 10.2 Å². The number of hydrogen-bond acceptors (Lipinski definition) is 5. The number of nitrogens with zero attached hydrogens (tertiary/aromatic N) is 5. The molecule has 0 N–H and O–H groups in total. The van der Waals surface area contributed by atoms with E-state index in [0.717, 1.165) is 24.9 Å². The van der Waals surface area contributed by atoms with Gasteiger partial charge in [-0.3, -0.25) is 0 Å². The van der Waals surface area contributed by atoms with Crippen molar-refractivity contribution in [2.75, 3.05) is 18.0 Å². The number of hydrogen-bond donors (Lipinski definition) is 0. The van der Waals surface area contributed by atoms with Crippen molar-refractivity contribution in [1.82, 2.24) is 19.7 Å². The third kappa shape index (κ3) is 2.87. The predicted molar refractivity (Wildman–Crippen MR) is 72.3 cm³/mol. The second-order valence-electron chi connectivity index (χ2n) is 5.07. The van der Waals surface area contributed by atoms with Crippen LogP contribution < -0.4 is 4.90 Å². The fourth-order valence-corrected chi connectivity index (χ4v) is 3.37. The van der Waals surface area contributed by atoms with Gasteiger partial charge in [0.25, 0.3) is 0 Å². The third-order valence-corrected chi connectivity index (χ3v) is 4.75. The molecule has 0 saturated carbocycles. The first-order chi connectivity index (χ1) is 9.95. The largest absolute Gasteiger partial charge is 0.427 e. The summed E-state index contributed by atoms with van der Waals surface area (Å²) in [5.74, 6) is 1.24. The first-order valence-corrected chi connectivity index (χ1v) is 7.38. The monoisotopic (exact) mass is 317 g/mol. The van der Waals surface area contributed by atoms with Gasteiger partial charge < -0.3 is 9.47 Å². The van der Waals surface area contributed by atoms with E-state index in [1.54, 1.807) is 6.33 Å². The van der Waals surface area contributed by atoms with E-state index in [1.807, 2.05) is 16.5 Å². The molecule has 2 aromatic heterocycles. The summed E-state index contributed by atoms with van der Waals surface area (Å²) in [7, 11) is 1.90. The van der Waals surface area contributed by atoms with Crippen LogP contribution >= 0.6 is 11.3 Å². The molecule has 5 nitrogen and oxygen atoms in total. The molecule has 1 aliphatic rings. The fraction of sp³-hybridized carbons (Fsp3) is 0.583. The van der Waals surface area contributed by atoms with Crippen molar-refractivity contribution in [1.29, 1.82) is 0 Å². The molecule has 0 atom stereocenters. The zero-order valence-corrected chi connectivity index (χ0v) is 12.2. The second kappa shape index (κ2) is 5.28. The van der Waals surface area contributed by atoms with E-state index < -0.39 is 11.1 Å². The molecule has 0 radical (unpaired) electrons. The van der Waals surface area contributed by atoms with Crippen molar-refractivity contribution >= 4 is 16.5 Å². The first-order valence-electron chi connectivity index (χ1n) is 6.57. The molecule has 21 heavy (non-hydrogen) atoms. The van der Waals surface area contributed by atoms with Gasteiger partial charge in [0.05, 0.1) is 6.20 Å². The number of piperidine rings is 1. The molecule has 0 unspecified atom stereocenters. The van der Waals surface area contributed by atoms with Gasteiger partial charge in [0.15, 0.2) is 5.13 Å². The van der Waals surface area contributed by atoms with Crippen molar-refractivity contribution in [3.05, 3.63) is 23.2 Å². The number of halogens is 3. The van der Waals surface area contributed by atoms with Gasteiger partial charge in [0.2, 0.25) is 0 Å². The summed E-state index contributed by atoms with van der Waals surface area (Å²) in [6, 6.07) is 0. The summed E-state index contributed by atoms with van der Waals surface area (Å²) in [6.45, 7) is 1.37. The lowest BCUT2D eigenvalue weighted by Gasteiger charge is -2.31.